The molecule has 0 atom stereocenters. The zero-order chi connectivity index (χ0) is 22.8. The maximum absolute atomic E-state index is 11.7. The van der Waals surface area contributed by atoms with Crippen molar-refractivity contribution in [2.75, 3.05) is 53.7 Å². The molecule has 0 saturated heterocycles. The number of carbonyl (C=O) groups excluding carboxylic acids is 1. The molecule has 0 aliphatic heterocycles. The molecule has 0 saturated carbocycles. The average molecular weight is 444 g/mol. The summed E-state index contributed by atoms with van der Waals surface area (Å²) in [6, 6.07) is 0. The van der Waals surface area contributed by atoms with Gasteiger partial charge in [0.25, 0.3) is 0 Å². The largest absolute Gasteiger partial charge is 0.463 e. The highest BCUT2D eigenvalue weighted by molar-refractivity contribution is 5.69. The van der Waals surface area contributed by atoms with Crippen LogP contribution in [-0.4, -0.2) is 64.5 Å². The Morgan fingerprint density at radius 3 is 1.48 bits per heavy atom. The fraction of sp³-hybridized carbons (Fsp3) is 0.962. The Hall–Kier alpha value is -0.650. The third-order valence-corrected chi connectivity index (χ3v) is 5.53. The van der Waals surface area contributed by atoms with E-state index >= 15 is 0 Å². The molecule has 31 heavy (non-hydrogen) atoms. The minimum Gasteiger partial charge on any atom is -0.463 e. The molecule has 0 aliphatic carbocycles. The van der Waals surface area contributed by atoms with E-state index in [-0.39, 0.29) is 5.97 Å². The lowest BCUT2D eigenvalue weighted by Gasteiger charge is -2.10. The first kappa shape index (κ1) is 30.4. The second-order valence-electron chi connectivity index (χ2n) is 8.95. The molecule has 0 spiro atoms. The van der Waals surface area contributed by atoms with E-state index < -0.39 is 0 Å². The minimum absolute atomic E-state index is 0.0967. The Bertz CT molecular complexity index is 363. The first-order chi connectivity index (χ1) is 15.2. The van der Waals surface area contributed by atoms with Crippen molar-refractivity contribution in [1.82, 2.24) is 4.90 Å². The van der Waals surface area contributed by atoms with Crippen LogP contribution in [0.5, 0.6) is 0 Å². The van der Waals surface area contributed by atoms with Gasteiger partial charge in [-0.05, 0) is 20.5 Å². The number of likely N-dealkylation sites (N-methyl/N-ethyl adjacent to an activating group) is 1. The van der Waals surface area contributed by atoms with Crippen LogP contribution in [0.4, 0.5) is 0 Å². The van der Waals surface area contributed by atoms with E-state index in [1.807, 2.05) is 14.1 Å². The second kappa shape index (κ2) is 25.6. The number of esters is 1. The number of nitrogens with zero attached hydrogens (tertiary/aromatic N) is 1. The fourth-order valence-corrected chi connectivity index (χ4v) is 3.50. The van der Waals surface area contributed by atoms with E-state index in [0.29, 0.717) is 39.5 Å². The van der Waals surface area contributed by atoms with Gasteiger partial charge < -0.3 is 19.1 Å². The van der Waals surface area contributed by atoms with Gasteiger partial charge in [0.1, 0.15) is 6.61 Å². The summed E-state index contributed by atoms with van der Waals surface area (Å²) in [6.45, 7) is 5.82. The maximum Gasteiger partial charge on any atom is 0.305 e. The highest BCUT2D eigenvalue weighted by atomic mass is 16.6. The molecule has 0 heterocycles. The third kappa shape index (κ3) is 27.3. The van der Waals surface area contributed by atoms with Crippen molar-refractivity contribution >= 4 is 5.97 Å². The van der Waals surface area contributed by atoms with Gasteiger partial charge in [-0.15, -0.1) is 0 Å². The molecule has 0 aromatic heterocycles. The Morgan fingerprint density at radius 2 is 1.00 bits per heavy atom. The molecule has 0 N–H and O–H groups in total. The molecule has 0 bridgehead atoms. The Balaban J connectivity index is 3.14. The molecule has 0 amide bonds. The van der Waals surface area contributed by atoms with Crippen LogP contribution in [0.25, 0.3) is 0 Å². The van der Waals surface area contributed by atoms with Gasteiger partial charge in [-0.2, -0.15) is 0 Å². The fourth-order valence-electron chi connectivity index (χ4n) is 3.50. The Labute approximate surface area is 193 Å². The number of hydrogen-bond acceptors (Lipinski definition) is 5. The first-order valence-electron chi connectivity index (χ1n) is 13.1. The van der Waals surface area contributed by atoms with Crippen LogP contribution in [-0.2, 0) is 19.0 Å². The van der Waals surface area contributed by atoms with E-state index in [9.17, 15) is 4.79 Å². The minimum atomic E-state index is -0.0967. The number of unbranched alkanes of at least 4 members (excludes halogenated alkanes) is 14. The summed E-state index contributed by atoms with van der Waals surface area (Å²) in [5.74, 6) is -0.0967. The van der Waals surface area contributed by atoms with Gasteiger partial charge in [-0.3, -0.25) is 4.79 Å². The summed E-state index contributed by atoms with van der Waals surface area (Å²) in [4.78, 5) is 13.8. The molecule has 186 valence electrons. The van der Waals surface area contributed by atoms with E-state index in [0.717, 1.165) is 19.4 Å². The molecule has 0 aliphatic rings. The van der Waals surface area contributed by atoms with Gasteiger partial charge in [-0.25, -0.2) is 0 Å². The zero-order valence-electron chi connectivity index (χ0n) is 21.1. The lowest BCUT2D eigenvalue weighted by molar-refractivity contribution is -0.145. The molecule has 0 fully saturated rings. The van der Waals surface area contributed by atoms with Gasteiger partial charge in [-0.1, -0.05) is 96.8 Å². The van der Waals surface area contributed by atoms with Gasteiger partial charge in [0.05, 0.1) is 26.4 Å². The summed E-state index contributed by atoms with van der Waals surface area (Å²) < 4.78 is 16.1. The van der Waals surface area contributed by atoms with Gasteiger partial charge >= 0.3 is 5.97 Å². The van der Waals surface area contributed by atoms with Crippen molar-refractivity contribution in [3.8, 4) is 0 Å². The normalized spacial score (nSPS) is 11.4. The summed E-state index contributed by atoms with van der Waals surface area (Å²) in [5, 5.41) is 0. The summed E-state index contributed by atoms with van der Waals surface area (Å²) in [6.07, 6.45) is 20.6. The van der Waals surface area contributed by atoms with Crippen molar-refractivity contribution in [1.29, 1.82) is 0 Å². The van der Waals surface area contributed by atoms with Crippen LogP contribution in [0.3, 0.4) is 0 Å². The van der Waals surface area contributed by atoms with Crippen molar-refractivity contribution in [2.24, 2.45) is 0 Å². The Morgan fingerprint density at radius 1 is 0.581 bits per heavy atom. The van der Waals surface area contributed by atoms with Gasteiger partial charge in [0, 0.05) is 13.0 Å². The van der Waals surface area contributed by atoms with Crippen molar-refractivity contribution in [3.63, 3.8) is 0 Å². The molecule has 0 aromatic rings. The van der Waals surface area contributed by atoms with Crippen LogP contribution in [0.15, 0.2) is 0 Å². The lowest BCUT2D eigenvalue weighted by atomic mass is 10.0. The molecule has 0 rings (SSSR count). The summed E-state index contributed by atoms with van der Waals surface area (Å²) in [7, 11) is 4.04. The quantitative estimate of drug-likeness (QED) is 0.121. The molecule has 0 unspecified atom stereocenters. The van der Waals surface area contributed by atoms with Crippen LogP contribution < -0.4 is 0 Å². The lowest BCUT2D eigenvalue weighted by Crippen LogP contribution is -2.19. The number of ether oxygens (including phenoxy) is 3. The van der Waals surface area contributed by atoms with E-state index in [1.165, 1.54) is 83.5 Å². The highest BCUT2D eigenvalue weighted by Gasteiger charge is 2.02. The van der Waals surface area contributed by atoms with Crippen molar-refractivity contribution in [3.05, 3.63) is 0 Å². The Kier molecular flexibility index (Phi) is 25.1. The molecule has 0 aromatic carbocycles. The van der Waals surface area contributed by atoms with Gasteiger partial charge in [0.15, 0.2) is 0 Å². The predicted octanol–water partition coefficient (Wildman–Crippen LogP) is 6.39. The van der Waals surface area contributed by atoms with E-state index in [4.69, 9.17) is 14.2 Å². The molecular weight excluding hydrogens is 390 g/mol. The SMILES string of the molecule is CCCCCCCCCCCCCCCCCC(=O)OCCOCCOCCN(C)C. The smallest absolute Gasteiger partial charge is 0.305 e. The maximum atomic E-state index is 11.7. The zero-order valence-corrected chi connectivity index (χ0v) is 21.1. The highest BCUT2D eigenvalue weighted by Crippen LogP contribution is 2.13. The van der Waals surface area contributed by atoms with Crippen molar-refractivity contribution in [2.45, 2.75) is 110 Å². The third-order valence-electron chi connectivity index (χ3n) is 5.53. The standard InChI is InChI=1S/C26H53NO4/c1-4-5-6-7-8-9-10-11-12-13-14-15-16-17-18-19-26(28)31-25-24-30-23-22-29-21-20-27(2)3/h4-25H2,1-3H3. The predicted molar refractivity (Wildman–Crippen MR) is 131 cm³/mol. The number of carbonyl (C=O) groups is 1. The summed E-state index contributed by atoms with van der Waals surface area (Å²) >= 11 is 0. The van der Waals surface area contributed by atoms with Crippen LogP contribution >= 0.6 is 0 Å². The molecule has 0 radical (unpaired) electrons. The van der Waals surface area contributed by atoms with E-state index in [1.54, 1.807) is 0 Å². The topological polar surface area (TPSA) is 48.0 Å². The van der Waals surface area contributed by atoms with Crippen LogP contribution in [0.1, 0.15) is 110 Å². The molecule has 5 heteroatoms. The van der Waals surface area contributed by atoms with Crippen molar-refractivity contribution < 1.29 is 19.0 Å². The van der Waals surface area contributed by atoms with Crippen LogP contribution in [0.2, 0.25) is 0 Å². The van der Waals surface area contributed by atoms with Gasteiger partial charge in [0.2, 0.25) is 0 Å². The summed E-state index contributed by atoms with van der Waals surface area (Å²) in [5.41, 5.74) is 0. The van der Waals surface area contributed by atoms with E-state index in [2.05, 4.69) is 11.8 Å². The number of rotatable bonds is 25. The molecular formula is C26H53NO4. The number of hydrogen-bond donors (Lipinski definition) is 0. The second-order valence-corrected chi connectivity index (χ2v) is 8.95. The first-order valence-corrected chi connectivity index (χ1v) is 13.1. The average Bonchev–Trinajstić information content (AvgIpc) is 2.75. The monoisotopic (exact) mass is 443 g/mol. The molecule has 5 nitrogen and oxygen atoms in total. The van der Waals surface area contributed by atoms with Crippen LogP contribution in [0, 0.1) is 0 Å².